The molecule has 2 amide bonds. The molecule has 1 N–H and O–H groups in total. The van der Waals surface area contributed by atoms with Gasteiger partial charge in [-0.3, -0.25) is 0 Å². The van der Waals surface area contributed by atoms with E-state index >= 15 is 0 Å². The van der Waals surface area contributed by atoms with Crippen LogP contribution in [0.2, 0.25) is 5.02 Å². The lowest BCUT2D eigenvalue weighted by molar-refractivity contribution is 0.193. The molecule has 0 saturated heterocycles. The van der Waals surface area contributed by atoms with Crippen molar-refractivity contribution in [1.82, 2.24) is 4.90 Å². The molecule has 1 aliphatic rings. The molecule has 3 aromatic carbocycles. The second-order valence-corrected chi connectivity index (χ2v) is 7.73. The summed E-state index contributed by atoms with van der Waals surface area (Å²) >= 11 is 6.51. The van der Waals surface area contributed by atoms with Gasteiger partial charge in [0.1, 0.15) is 11.6 Å². The summed E-state index contributed by atoms with van der Waals surface area (Å²) in [6, 6.07) is 12.9. The third-order valence-electron chi connectivity index (χ3n) is 5.51. The van der Waals surface area contributed by atoms with Crippen LogP contribution >= 0.6 is 11.6 Å². The molecule has 0 bridgehead atoms. The average molecular weight is 459 g/mol. The molecule has 0 fully saturated rings. The number of halogens is 3. The van der Waals surface area contributed by atoms with Crippen LogP contribution in [0.5, 0.6) is 11.5 Å². The van der Waals surface area contributed by atoms with Crippen molar-refractivity contribution in [3.63, 3.8) is 0 Å². The number of rotatable bonds is 4. The van der Waals surface area contributed by atoms with Gasteiger partial charge in [0.15, 0.2) is 11.5 Å². The third kappa shape index (κ3) is 4.08. The van der Waals surface area contributed by atoms with E-state index in [1.807, 2.05) is 30.3 Å². The number of nitrogens with zero attached hydrogens (tertiary/aromatic N) is 1. The van der Waals surface area contributed by atoms with Crippen LogP contribution in [0.25, 0.3) is 0 Å². The summed E-state index contributed by atoms with van der Waals surface area (Å²) in [7, 11) is 3.11. The monoisotopic (exact) mass is 458 g/mol. The smallest absolute Gasteiger partial charge is 0.322 e. The van der Waals surface area contributed by atoms with Crippen LogP contribution < -0.4 is 14.8 Å². The first-order chi connectivity index (χ1) is 15.4. The lowest BCUT2D eigenvalue weighted by Crippen LogP contribution is -2.43. The summed E-state index contributed by atoms with van der Waals surface area (Å²) in [5, 5.41) is 3.05. The summed E-state index contributed by atoms with van der Waals surface area (Å²) in [4.78, 5) is 14.8. The number of carbonyl (C=O) groups excluding carboxylic acids is 1. The van der Waals surface area contributed by atoms with Crippen LogP contribution in [0, 0.1) is 11.6 Å². The van der Waals surface area contributed by atoms with Crippen LogP contribution in [0.4, 0.5) is 19.3 Å². The number of hydrogen-bond donors (Lipinski definition) is 1. The van der Waals surface area contributed by atoms with E-state index in [0.717, 1.165) is 28.8 Å². The maximum Gasteiger partial charge on any atom is 0.322 e. The van der Waals surface area contributed by atoms with Crippen LogP contribution in [-0.4, -0.2) is 31.7 Å². The van der Waals surface area contributed by atoms with Crippen molar-refractivity contribution < 1.29 is 23.0 Å². The molecule has 0 saturated carbocycles. The minimum Gasteiger partial charge on any atom is -0.493 e. The Bertz CT molecular complexity index is 1170. The number of fused-ring (bicyclic) bond motifs is 1. The zero-order valence-electron chi connectivity index (χ0n) is 17.5. The Morgan fingerprint density at radius 3 is 2.44 bits per heavy atom. The van der Waals surface area contributed by atoms with Crippen molar-refractivity contribution >= 4 is 23.3 Å². The minimum absolute atomic E-state index is 0.104. The van der Waals surface area contributed by atoms with Gasteiger partial charge in [0, 0.05) is 17.6 Å². The maximum atomic E-state index is 14.2. The van der Waals surface area contributed by atoms with Gasteiger partial charge < -0.3 is 19.7 Å². The molecule has 1 aliphatic heterocycles. The number of ether oxygens (including phenoxy) is 2. The Morgan fingerprint density at radius 2 is 1.75 bits per heavy atom. The summed E-state index contributed by atoms with van der Waals surface area (Å²) in [6.07, 6.45) is 0.552. The molecule has 4 rings (SSSR count). The topological polar surface area (TPSA) is 50.8 Å². The zero-order valence-corrected chi connectivity index (χ0v) is 18.2. The van der Waals surface area contributed by atoms with Crippen LogP contribution in [-0.2, 0) is 6.42 Å². The Kier molecular flexibility index (Phi) is 6.19. The molecule has 0 aromatic heterocycles. The SMILES string of the molecule is COc1cc2c(cc1OC)C(c1ccccc1Cl)N(C(=O)Nc1ccc(F)cc1F)CC2. The van der Waals surface area contributed by atoms with Crippen molar-refractivity contribution in [3.8, 4) is 11.5 Å². The number of amides is 2. The van der Waals surface area contributed by atoms with Gasteiger partial charge in [-0.2, -0.15) is 0 Å². The van der Waals surface area contributed by atoms with Crippen molar-refractivity contribution in [2.24, 2.45) is 0 Å². The molecule has 0 aliphatic carbocycles. The van der Waals surface area contributed by atoms with E-state index in [1.54, 1.807) is 25.2 Å². The normalized spacial score (nSPS) is 15.2. The first kappa shape index (κ1) is 21.9. The third-order valence-corrected chi connectivity index (χ3v) is 5.85. The largest absolute Gasteiger partial charge is 0.493 e. The molecule has 0 radical (unpaired) electrons. The Hall–Kier alpha value is -3.32. The number of nitrogens with one attached hydrogen (secondary N) is 1. The molecular formula is C24H21ClF2N2O3. The van der Waals surface area contributed by atoms with E-state index in [1.165, 1.54) is 6.07 Å². The van der Waals surface area contributed by atoms with Crippen LogP contribution in [0.15, 0.2) is 54.6 Å². The summed E-state index contributed by atoms with van der Waals surface area (Å²) < 4.78 is 38.3. The molecule has 1 unspecified atom stereocenters. The van der Waals surface area contributed by atoms with Gasteiger partial charge in [-0.1, -0.05) is 29.8 Å². The van der Waals surface area contributed by atoms with E-state index in [0.29, 0.717) is 29.5 Å². The van der Waals surface area contributed by atoms with E-state index in [2.05, 4.69) is 5.32 Å². The summed E-state index contributed by atoms with van der Waals surface area (Å²) in [5.74, 6) is -0.454. The number of carbonyl (C=O) groups is 1. The lowest BCUT2D eigenvalue weighted by Gasteiger charge is -2.38. The Labute approximate surface area is 189 Å². The number of hydrogen-bond acceptors (Lipinski definition) is 3. The van der Waals surface area contributed by atoms with Gasteiger partial charge in [-0.25, -0.2) is 13.6 Å². The highest BCUT2D eigenvalue weighted by molar-refractivity contribution is 6.31. The lowest BCUT2D eigenvalue weighted by atomic mass is 9.87. The van der Waals surface area contributed by atoms with Crippen molar-refractivity contribution in [2.75, 3.05) is 26.1 Å². The highest BCUT2D eigenvalue weighted by Crippen LogP contribution is 2.42. The quantitative estimate of drug-likeness (QED) is 0.536. The fraction of sp³-hybridized carbons (Fsp3) is 0.208. The predicted octanol–water partition coefficient (Wildman–Crippen LogP) is 5.82. The van der Waals surface area contributed by atoms with Crippen LogP contribution in [0.1, 0.15) is 22.7 Å². The van der Waals surface area contributed by atoms with Crippen molar-refractivity contribution in [2.45, 2.75) is 12.5 Å². The molecule has 166 valence electrons. The molecular weight excluding hydrogens is 438 g/mol. The first-order valence-electron chi connectivity index (χ1n) is 9.94. The highest BCUT2D eigenvalue weighted by atomic mass is 35.5. The number of methoxy groups -OCH3 is 2. The molecule has 0 spiro atoms. The van der Waals surface area contributed by atoms with Gasteiger partial charge in [0.25, 0.3) is 0 Å². The Morgan fingerprint density at radius 1 is 1.03 bits per heavy atom. The highest BCUT2D eigenvalue weighted by Gasteiger charge is 2.34. The molecule has 5 nitrogen and oxygen atoms in total. The van der Waals surface area contributed by atoms with Crippen LogP contribution in [0.3, 0.4) is 0 Å². The minimum atomic E-state index is -0.851. The van der Waals surface area contributed by atoms with E-state index in [-0.39, 0.29) is 5.69 Å². The fourth-order valence-electron chi connectivity index (χ4n) is 3.97. The van der Waals surface area contributed by atoms with Gasteiger partial charge in [0.05, 0.1) is 25.9 Å². The van der Waals surface area contributed by atoms with Gasteiger partial charge in [-0.15, -0.1) is 0 Å². The second kappa shape index (κ2) is 9.04. The average Bonchev–Trinajstić information content (AvgIpc) is 2.79. The predicted molar refractivity (Wildman–Crippen MR) is 119 cm³/mol. The molecule has 3 aromatic rings. The maximum absolute atomic E-state index is 14.2. The summed E-state index contributed by atoms with van der Waals surface area (Å²) in [6.45, 7) is 0.354. The van der Waals surface area contributed by atoms with Gasteiger partial charge >= 0.3 is 6.03 Å². The number of urea groups is 1. The fourth-order valence-corrected chi connectivity index (χ4v) is 4.21. The molecule has 8 heteroatoms. The number of anilines is 1. The zero-order chi connectivity index (χ0) is 22.8. The molecule has 1 atom stereocenters. The molecule has 1 heterocycles. The van der Waals surface area contributed by atoms with E-state index < -0.39 is 23.7 Å². The number of benzene rings is 3. The van der Waals surface area contributed by atoms with E-state index in [4.69, 9.17) is 21.1 Å². The Balaban J connectivity index is 1.79. The van der Waals surface area contributed by atoms with Gasteiger partial charge in [0.2, 0.25) is 0 Å². The van der Waals surface area contributed by atoms with E-state index in [9.17, 15) is 13.6 Å². The summed E-state index contributed by atoms with van der Waals surface area (Å²) in [5.41, 5.74) is 2.44. The van der Waals surface area contributed by atoms with Crippen molar-refractivity contribution in [3.05, 3.63) is 87.9 Å². The second-order valence-electron chi connectivity index (χ2n) is 7.33. The standard InChI is InChI=1S/C24H21ClF2N2O3/c1-31-21-11-14-9-10-29(24(30)28-20-8-7-15(26)12-19(20)27)23(17(14)13-22(21)32-2)16-5-3-4-6-18(16)25/h3-8,11-13,23H,9-10H2,1-2H3,(H,28,30). The first-order valence-corrected chi connectivity index (χ1v) is 10.3. The van der Waals surface area contributed by atoms with Gasteiger partial charge in [-0.05, 0) is 53.4 Å². The molecule has 32 heavy (non-hydrogen) atoms. The van der Waals surface area contributed by atoms with Crippen molar-refractivity contribution in [1.29, 1.82) is 0 Å².